The van der Waals surface area contributed by atoms with Crippen molar-refractivity contribution in [1.29, 1.82) is 0 Å². The quantitative estimate of drug-likeness (QED) is 0.569. The zero-order valence-electron chi connectivity index (χ0n) is 16.8. The number of nitrogen functional groups attached to an aromatic ring is 1. The van der Waals surface area contributed by atoms with Crippen LogP contribution in [-0.2, 0) is 6.42 Å². The number of hydrogen-bond acceptors (Lipinski definition) is 3. The number of aryl methyl sites for hydroxylation is 1. The van der Waals surface area contributed by atoms with Crippen molar-refractivity contribution >= 4 is 29.0 Å². The molecule has 1 atom stereocenters. The highest BCUT2D eigenvalue weighted by Gasteiger charge is 2.26. The van der Waals surface area contributed by atoms with E-state index in [9.17, 15) is 9.59 Å². The van der Waals surface area contributed by atoms with Gasteiger partial charge >= 0.3 is 6.03 Å². The van der Waals surface area contributed by atoms with Crippen molar-refractivity contribution in [3.8, 4) is 0 Å². The fourth-order valence-corrected chi connectivity index (χ4v) is 3.73. The largest absolute Gasteiger partial charge is 0.397 e. The number of nitrogens with zero attached hydrogens (tertiary/aromatic N) is 1. The second kappa shape index (κ2) is 8.29. The third kappa shape index (κ3) is 3.98. The van der Waals surface area contributed by atoms with Crippen LogP contribution in [0.25, 0.3) is 0 Å². The van der Waals surface area contributed by atoms with Gasteiger partial charge in [0.1, 0.15) is 0 Å². The fraction of sp³-hybridized carbons (Fsp3) is 0.167. The van der Waals surface area contributed by atoms with Crippen LogP contribution in [0.5, 0.6) is 0 Å². The van der Waals surface area contributed by atoms with E-state index in [1.54, 1.807) is 30.1 Å². The molecule has 0 heterocycles. The van der Waals surface area contributed by atoms with Crippen molar-refractivity contribution in [2.75, 3.05) is 23.0 Å². The first kappa shape index (κ1) is 19.5. The smallest absolute Gasteiger partial charge is 0.322 e. The summed E-state index contributed by atoms with van der Waals surface area (Å²) in [5.74, 6) is -0.202. The minimum Gasteiger partial charge on any atom is -0.397 e. The van der Waals surface area contributed by atoms with E-state index in [4.69, 9.17) is 5.73 Å². The van der Waals surface area contributed by atoms with Gasteiger partial charge in [0.2, 0.25) is 0 Å². The Balaban J connectivity index is 1.45. The molecule has 3 aromatic rings. The van der Waals surface area contributed by atoms with Gasteiger partial charge < -0.3 is 16.4 Å². The minimum atomic E-state index is -0.202. The summed E-state index contributed by atoms with van der Waals surface area (Å²) in [6.07, 6.45) is 1.62. The standard InChI is InChI=1S/C24H24N4O2/c1-28(18-7-3-2-4-8-18)24(30)27-21-14-12-16-15-17(11-13-19(16)21)23(29)26-22-10-6-5-9-20(22)25/h2-11,13,15,21H,12,14,25H2,1H3,(H,26,29)(H,27,30). The molecule has 6 heteroatoms. The lowest BCUT2D eigenvalue weighted by molar-refractivity contribution is 0.102. The maximum atomic E-state index is 12.7. The molecule has 3 aromatic carbocycles. The molecule has 6 nitrogen and oxygen atoms in total. The number of rotatable bonds is 4. The van der Waals surface area contributed by atoms with E-state index < -0.39 is 0 Å². The molecule has 0 saturated heterocycles. The average molecular weight is 400 g/mol. The van der Waals surface area contributed by atoms with Crippen LogP contribution in [0.1, 0.15) is 33.9 Å². The number of nitrogens with two attached hydrogens (primary N) is 1. The zero-order valence-corrected chi connectivity index (χ0v) is 16.8. The Labute approximate surface area is 175 Å². The van der Waals surface area contributed by atoms with Gasteiger partial charge in [-0.25, -0.2) is 4.79 Å². The zero-order chi connectivity index (χ0) is 21.1. The molecule has 4 N–H and O–H groups in total. The summed E-state index contributed by atoms with van der Waals surface area (Å²) in [6.45, 7) is 0. The number of carbonyl (C=O) groups excluding carboxylic acids is 2. The molecule has 0 bridgehead atoms. The Morgan fingerprint density at radius 2 is 1.73 bits per heavy atom. The maximum Gasteiger partial charge on any atom is 0.322 e. The number of hydrogen-bond donors (Lipinski definition) is 3. The Kier molecular flexibility index (Phi) is 5.39. The molecular weight excluding hydrogens is 376 g/mol. The number of fused-ring (bicyclic) bond motifs is 1. The normalized spacial score (nSPS) is 14.6. The number of urea groups is 1. The van der Waals surface area contributed by atoms with Gasteiger partial charge in [0.15, 0.2) is 0 Å². The number of amides is 3. The topological polar surface area (TPSA) is 87.5 Å². The predicted molar refractivity (Wildman–Crippen MR) is 120 cm³/mol. The summed E-state index contributed by atoms with van der Waals surface area (Å²) >= 11 is 0. The summed E-state index contributed by atoms with van der Waals surface area (Å²) in [4.78, 5) is 26.9. The van der Waals surface area contributed by atoms with Crippen molar-refractivity contribution < 1.29 is 9.59 Å². The van der Waals surface area contributed by atoms with E-state index in [2.05, 4.69) is 10.6 Å². The third-order valence-corrected chi connectivity index (χ3v) is 5.44. The fourth-order valence-electron chi connectivity index (χ4n) is 3.73. The van der Waals surface area contributed by atoms with Crippen LogP contribution < -0.4 is 21.3 Å². The SMILES string of the molecule is CN(C(=O)NC1CCc2cc(C(=O)Nc3ccccc3N)ccc21)c1ccccc1. The van der Waals surface area contributed by atoms with Gasteiger partial charge in [-0.05, 0) is 60.4 Å². The van der Waals surface area contributed by atoms with Gasteiger partial charge in [-0.3, -0.25) is 9.69 Å². The van der Waals surface area contributed by atoms with Crippen LogP contribution >= 0.6 is 0 Å². The first-order chi connectivity index (χ1) is 14.5. The number of para-hydroxylation sites is 3. The van der Waals surface area contributed by atoms with E-state index >= 15 is 0 Å². The molecule has 0 aromatic heterocycles. The summed E-state index contributed by atoms with van der Waals surface area (Å²) in [5.41, 5.74) is 10.6. The third-order valence-electron chi connectivity index (χ3n) is 5.44. The highest BCUT2D eigenvalue weighted by atomic mass is 16.2. The molecule has 3 amide bonds. The number of nitrogens with one attached hydrogen (secondary N) is 2. The second-order valence-electron chi connectivity index (χ2n) is 7.39. The van der Waals surface area contributed by atoms with Crippen LogP contribution in [0.3, 0.4) is 0 Å². The van der Waals surface area contributed by atoms with Gasteiger partial charge in [0.05, 0.1) is 17.4 Å². The van der Waals surface area contributed by atoms with Crippen molar-refractivity contribution in [1.82, 2.24) is 5.32 Å². The van der Waals surface area contributed by atoms with Gasteiger partial charge in [-0.15, -0.1) is 0 Å². The number of benzene rings is 3. The number of anilines is 3. The summed E-state index contributed by atoms with van der Waals surface area (Å²) in [6, 6.07) is 22.1. The summed E-state index contributed by atoms with van der Waals surface area (Å²) in [5, 5.41) is 5.95. The first-order valence-corrected chi connectivity index (χ1v) is 9.91. The Bertz CT molecular complexity index is 1080. The lowest BCUT2D eigenvalue weighted by atomic mass is 10.0. The highest BCUT2D eigenvalue weighted by Crippen LogP contribution is 2.32. The highest BCUT2D eigenvalue weighted by molar-refractivity contribution is 6.06. The van der Waals surface area contributed by atoms with Crippen molar-refractivity contribution in [3.05, 3.63) is 89.5 Å². The molecule has 1 unspecified atom stereocenters. The van der Waals surface area contributed by atoms with Crippen LogP contribution in [-0.4, -0.2) is 19.0 Å². The van der Waals surface area contributed by atoms with Crippen LogP contribution in [0.4, 0.5) is 21.9 Å². The molecule has 30 heavy (non-hydrogen) atoms. The summed E-state index contributed by atoms with van der Waals surface area (Å²) < 4.78 is 0. The van der Waals surface area contributed by atoms with Gasteiger partial charge in [-0.1, -0.05) is 36.4 Å². The van der Waals surface area contributed by atoms with Gasteiger partial charge in [-0.2, -0.15) is 0 Å². The molecule has 1 aliphatic carbocycles. The van der Waals surface area contributed by atoms with Crippen molar-refractivity contribution in [2.45, 2.75) is 18.9 Å². The first-order valence-electron chi connectivity index (χ1n) is 9.91. The molecule has 0 spiro atoms. The molecule has 152 valence electrons. The van der Waals surface area contributed by atoms with E-state index in [0.29, 0.717) is 16.9 Å². The van der Waals surface area contributed by atoms with Crippen LogP contribution in [0.15, 0.2) is 72.8 Å². The Morgan fingerprint density at radius 3 is 2.50 bits per heavy atom. The van der Waals surface area contributed by atoms with Crippen LogP contribution in [0, 0.1) is 0 Å². The molecular formula is C24H24N4O2. The molecule has 0 fully saturated rings. The monoisotopic (exact) mass is 400 g/mol. The Morgan fingerprint density at radius 1 is 1.00 bits per heavy atom. The lowest BCUT2D eigenvalue weighted by Crippen LogP contribution is -2.38. The predicted octanol–water partition coefficient (Wildman–Crippen LogP) is 4.35. The number of carbonyl (C=O) groups is 2. The molecule has 1 aliphatic rings. The van der Waals surface area contributed by atoms with Gasteiger partial charge in [0.25, 0.3) is 5.91 Å². The van der Waals surface area contributed by atoms with E-state index in [0.717, 1.165) is 29.7 Å². The van der Waals surface area contributed by atoms with E-state index in [1.807, 2.05) is 54.6 Å². The maximum absolute atomic E-state index is 12.7. The second-order valence-corrected chi connectivity index (χ2v) is 7.39. The molecule has 0 aliphatic heterocycles. The molecule has 0 radical (unpaired) electrons. The van der Waals surface area contributed by atoms with Crippen molar-refractivity contribution in [2.24, 2.45) is 0 Å². The molecule has 4 rings (SSSR count). The molecule has 0 saturated carbocycles. The van der Waals surface area contributed by atoms with E-state index in [-0.39, 0.29) is 18.0 Å². The minimum absolute atomic E-state index is 0.0689. The van der Waals surface area contributed by atoms with Gasteiger partial charge in [0, 0.05) is 18.3 Å². The average Bonchev–Trinajstić information content (AvgIpc) is 3.17. The Hall–Kier alpha value is -3.80. The van der Waals surface area contributed by atoms with Crippen molar-refractivity contribution in [3.63, 3.8) is 0 Å². The van der Waals surface area contributed by atoms with E-state index in [1.165, 1.54) is 0 Å². The summed E-state index contributed by atoms with van der Waals surface area (Å²) in [7, 11) is 1.75. The van der Waals surface area contributed by atoms with Crippen LogP contribution in [0.2, 0.25) is 0 Å². The lowest BCUT2D eigenvalue weighted by Gasteiger charge is -2.21.